The van der Waals surface area contributed by atoms with Crippen LogP contribution < -0.4 is 19.7 Å². The molecule has 0 spiro atoms. The summed E-state index contributed by atoms with van der Waals surface area (Å²) < 4.78 is 35.6. The van der Waals surface area contributed by atoms with Crippen molar-refractivity contribution < 1.29 is 27.8 Å². The number of para-hydroxylation sites is 1. The molecule has 0 aliphatic carbocycles. The number of ether oxygens (including phenoxy) is 2. The molecule has 2 aromatic rings. The smallest absolute Gasteiger partial charge is 0.388 e. The van der Waals surface area contributed by atoms with E-state index in [4.69, 9.17) is 9.53 Å². The average molecular weight is 505 g/mol. The zero-order chi connectivity index (χ0) is 26.4. The number of aromatic nitrogens is 1. The lowest BCUT2D eigenvalue weighted by molar-refractivity contribution is -0.106. The van der Waals surface area contributed by atoms with E-state index in [1.807, 2.05) is 24.3 Å². The van der Waals surface area contributed by atoms with Crippen LogP contribution in [0.3, 0.4) is 0 Å². The minimum Gasteiger partial charge on any atom is -0.481 e. The van der Waals surface area contributed by atoms with Crippen molar-refractivity contribution in [3.05, 3.63) is 42.0 Å². The topological polar surface area (TPSA) is 84.0 Å². The lowest BCUT2D eigenvalue weighted by Crippen LogP contribution is -2.49. The molecule has 2 amide bonds. The minimum atomic E-state index is -3.09. The highest BCUT2D eigenvalue weighted by Crippen LogP contribution is 2.42. The number of rotatable bonds is 7. The fraction of sp³-hybridized carbons (Fsp3) is 0.500. The van der Waals surface area contributed by atoms with Gasteiger partial charge >= 0.3 is 12.6 Å². The van der Waals surface area contributed by atoms with Gasteiger partial charge in [-0.2, -0.15) is 13.8 Å². The molecule has 2 aliphatic rings. The molecule has 1 N–H and O–H groups in total. The maximum Gasteiger partial charge on any atom is 0.388 e. The number of aldehydes is 1. The maximum absolute atomic E-state index is 13.7. The van der Waals surface area contributed by atoms with Gasteiger partial charge in [0.1, 0.15) is 12.0 Å². The Bertz CT molecular complexity index is 1050. The van der Waals surface area contributed by atoms with Crippen molar-refractivity contribution in [2.75, 3.05) is 24.4 Å². The first-order valence-electron chi connectivity index (χ1n) is 12.0. The number of fused-ring (bicyclic) bond motifs is 2. The van der Waals surface area contributed by atoms with Gasteiger partial charge in [-0.3, -0.25) is 9.80 Å². The SMILES string of the molecule is CC=O.COc1ccc(NC(=O)N(c2ccccc2C(C)C)C2CC3CCC2N3C)c(OC(F)F)n1. The number of likely N-dealkylation sites (N-methyl/N-ethyl adjacent to an activating group) is 1. The zero-order valence-electron chi connectivity index (χ0n) is 21.3. The molecule has 3 atom stereocenters. The number of benzene rings is 1. The normalized spacial score (nSPS) is 20.6. The van der Waals surface area contributed by atoms with Gasteiger partial charge in [-0.15, -0.1) is 0 Å². The molecule has 3 unspecified atom stereocenters. The van der Waals surface area contributed by atoms with Gasteiger partial charge in [-0.1, -0.05) is 32.0 Å². The summed E-state index contributed by atoms with van der Waals surface area (Å²) in [4.78, 5) is 30.6. The quantitative estimate of drug-likeness (QED) is 0.516. The van der Waals surface area contributed by atoms with Gasteiger partial charge in [-0.05, 0) is 56.8 Å². The third-order valence-electron chi connectivity index (χ3n) is 6.71. The summed E-state index contributed by atoms with van der Waals surface area (Å²) in [5.41, 5.74) is 1.94. The standard InChI is InChI=1S/C24H30F2N4O3.C2H4O/c1-14(2)16-7-5-6-8-18(16)30(20-13-15-9-11-19(20)29(15)3)24(31)27-17-10-12-21(32-4)28-22(17)33-23(25)26;1-2-3/h5-8,10,12,14-15,19-20,23H,9,11,13H2,1-4H3,(H,27,31);2H,1H3. The molecule has 2 bridgehead atoms. The summed E-state index contributed by atoms with van der Waals surface area (Å²) >= 11 is 0. The van der Waals surface area contributed by atoms with Crippen LogP contribution in [-0.2, 0) is 4.79 Å². The first kappa shape index (κ1) is 27.3. The molecular weight excluding hydrogens is 470 g/mol. The number of nitrogens with zero attached hydrogens (tertiary/aromatic N) is 3. The summed E-state index contributed by atoms with van der Waals surface area (Å²) in [5, 5.41) is 2.78. The van der Waals surface area contributed by atoms with Crippen LogP contribution in [0.4, 0.5) is 25.0 Å². The lowest BCUT2D eigenvalue weighted by atomic mass is 9.92. The van der Waals surface area contributed by atoms with Crippen LogP contribution in [0.25, 0.3) is 0 Å². The van der Waals surface area contributed by atoms with Crippen molar-refractivity contribution >= 4 is 23.7 Å². The number of pyridine rings is 1. The Kier molecular flexibility index (Phi) is 9.19. The first-order chi connectivity index (χ1) is 17.2. The second-order valence-electron chi connectivity index (χ2n) is 9.10. The second-order valence-corrected chi connectivity index (χ2v) is 9.10. The lowest BCUT2D eigenvalue weighted by Gasteiger charge is -2.36. The molecule has 4 rings (SSSR count). The molecule has 1 aromatic carbocycles. The van der Waals surface area contributed by atoms with Crippen LogP contribution >= 0.6 is 0 Å². The van der Waals surface area contributed by atoms with E-state index in [-0.39, 0.29) is 35.4 Å². The number of alkyl halides is 2. The third-order valence-corrected chi connectivity index (χ3v) is 6.71. The van der Waals surface area contributed by atoms with Gasteiger partial charge in [0.25, 0.3) is 0 Å². The Morgan fingerprint density at radius 1 is 1.22 bits per heavy atom. The van der Waals surface area contributed by atoms with Crippen molar-refractivity contribution in [1.29, 1.82) is 0 Å². The van der Waals surface area contributed by atoms with E-state index >= 15 is 0 Å². The monoisotopic (exact) mass is 504 g/mol. The number of nitrogens with one attached hydrogen (secondary N) is 1. The van der Waals surface area contributed by atoms with E-state index in [0.29, 0.717) is 6.04 Å². The number of hydrogen-bond donors (Lipinski definition) is 1. The molecule has 196 valence electrons. The Labute approximate surface area is 210 Å². The number of amides is 2. The summed E-state index contributed by atoms with van der Waals surface area (Å²) in [5.74, 6) is -0.0755. The summed E-state index contributed by atoms with van der Waals surface area (Å²) in [6, 6.07) is 11.0. The van der Waals surface area contributed by atoms with Gasteiger partial charge in [0.15, 0.2) is 0 Å². The van der Waals surface area contributed by atoms with Crippen LogP contribution in [-0.4, -0.2) is 61.1 Å². The predicted molar refractivity (Wildman–Crippen MR) is 134 cm³/mol. The number of carbonyl (C=O) groups excluding carboxylic acids is 2. The van der Waals surface area contributed by atoms with E-state index in [2.05, 4.69) is 40.8 Å². The highest BCUT2D eigenvalue weighted by atomic mass is 19.3. The summed E-state index contributed by atoms with van der Waals surface area (Å²) in [7, 11) is 3.48. The molecule has 1 aromatic heterocycles. The largest absolute Gasteiger partial charge is 0.481 e. The minimum absolute atomic E-state index is 0.0284. The predicted octanol–water partition coefficient (Wildman–Crippen LogP) is 5.29. The Balaban J connectivity index is 0.00000115. The van der Waals surface area contributed by atoms with E-state index in [1.54, 1.807) is 4.90 Å². The van der Waals surface area contributed by atoms with Crippen molar-refractivity contribution in [2.24, 2.45) is 0 Å². The molecule has 3 heterocycles. The van der Waals surface area contributed by atoms with Crippen LogP contribution in [0, 0.1) is 0 Å². The van der Waals surface area contributed by atoms with Gasteiger partial charge in [-0.25, -0.2) is 4.79 Å². The highest BCUT2D eigenvalue weighted by Gasteiger charge is 2.48. The van der Waals surface area contributed by atoms with Gasteiger partial charge in [0.2, 0.25) is 11.8 Å². The summed E-state index contributed by atoms with van der Waals surface area (Å²) in [6.07, 6.45) is 3.75. The number of hydrogen-bond acceptors (Lipinski definition) is 6. The third kappa shape index (κ3) is 5.92. The van der Waals surface area contributed by atoms with Crippen LogP contribution in [0.5, 0.6) is 11.8 Å². The number of anilines is 2. The second kappa shape index (κ2) is 12.1. The molecule has 2 fully saturated rings. The molecule has 2 aliphatic heterocycles. The molecule has 10 heteroatoms. The molecule has 0 saturated carbocycles. The van der Waals surface area contributed by atoms with E-state index in [9.17, 15) is 13.6 Å². The van der Waals surface area contributed by atoms with Crippen molar-refractivity contribution in [3.8, 4) is 11.8 Å². The molecule has 36 heavy (non-hydrogen) atoms. The molecule has 2 saturated heterocycles. The number of halogens is 2. The fourth-order valence-corrected chi connectivity index (χ4v) is 5.12. The number of methoxy groups -OCH3 is 1. The van der Waals surface area contributed by atoms with Gasteiger partial charge in [0.05, 0.1) is 13.2 Å². The van der Waals surface area contributed by atoms with Gasteiger partial charge < -0.3 is 19.6 Å². The van der Waals surface area contributed by atoms with Crippen LogP contribution in [0.15, 0.2) is 36.4 Å². The van der Waals surface area contributed by atoms with Crippen molar-refractivity contribution in [2.45, 2.75) is 70.7 Å². The molecule has 8 nitrogen and oxygen atoms in total. The van der Waals surface area contributed by atoms with Crippen molar-refractivity contribution in [3.63, 3.8) is 0 Å². The van der Waals surface area contributed by atoms with Crippen molar-refractivity contribution in [1.82, 2.24) is 9.88 Å². The number of carbonyl (C=O) groups is 2. The van der Waals surface area contributed by atoms with Gasteiger partial charge in [0, 0.05) is 23.8 Å². The number of urea groups is 1. The maximum atomic E-state index is 13.7. The zero-order valence-corrected chi connectivity index (χ0v) is 21.3. The van der Waals surface area contributed by atoms with E-state index < -0.39 is 12.6 Å². The highest BCUT2D eigenvalue weighted by molar-refractivity contribution is 6.03. The Morgan fingerprint density at radius 2 is 1.92 bits per heavy atom. The van der Waals surface area contributed by atoms with E-state index in [1.165, 1.54) is 26.2 Å². The average Bonchev–Trinajstić information content (AvgIpc) is 3.35. The Hall–Kier alpha value is -3.27. The van der Waals surface area contributed by atoms with E-state index in [0.717, 1.165) is 36.8 Å². The fourth-order valence-electron chi connectivity index (χ4n) is 5.12. The first-order valence-corrected chi connectivity index (χ1v) is 12.0. The Morgan fingerprint density at radius 3 is 2.47 bits per heavy atom. The molecule has 0 radical (unpaired) electrons. The molecular formula is C26H34F2N4O4. The van der Waals surface area contributed by atoms with Crippen LogP contribution in [0.2, 0.25) is 0 Å². The summed E-state index contributed by atoms with van der Waals surface area (Å²) in [6.45, 7) is 2.53. The van der Waals surface area contributed by atoms with Crippen LogP contribution in [0.1, 0.15) is 51.5 Å².